The van der Waals surface area contributed by atoms with Gasteiger partial charge in [0.05, 0.1) is 6.61 Å². The molecular weight excluding hydrogens is 250 g/mol. The lowest BCUT2D eigenvalue weighted by Crippen LogP contribution is -2.32. The van der Waals surface area contributed by atoms with Crippen LogP contribution in [0.4, 0.5) is 5.82 Å². The molecule has 0 amide bonds. The molecule has 0 aliphatic heterocycles. The van der Waals surface area contributed by atoms with Crippen molar-refractivity contribution in [3.63, 3.8) is 0 Å². The Bertz CT molecular complexity index is 372. The van der Waals surface area contributed by atoms with Crippen LogP contribution in [0.15, 0.2) is 6.07 Å². The molecule has 1 aromatic rings. The predicted molar refractivity (Wildman–Crippen MR) is 75.0 cm³/mol. The van der Waals surface area contributed by atoms with Crippen molar-refractivity contribution in [2.24, 2.45) is 5.41 Å². The first-order valence-electron chi connectivity index (χ1n) is 6.47. The van der Waals surface area contributed by atoms with E-state index in [0.29, 0.717) is 11.7 Å². The normalized spacial score (nSPS) is 11.6. The van der Waals surface area contributed by atoms with Crippen LogP contribution in [0, 0.1) is 5.41 Å². The Morgan fingerprint density at radius 3 is 2.44 bits per heavy atom. The average Bonchev–Trinajstić information content (AvgIpc) is 2.40. The lowest BCUT2D eigenvalue weighted by molar-refractivity contribution is 0.127. The highest BCUT2D eigenvalue weighted by Gasteiger charge is 2.25. The number of rotatable bonds is 7. The number of aliphatic hydroxyl groups is 1. The number of aliphatic hydroxyl groups excluding tert-OH is 1. The number of hydrogen-bond donors (Lipinski definition) is 2. The fraction of sp³-hybridized carbons (Fsp3) is 0.692. The Kier molecular flexibility index (Phi) is 5.82. The van der Waals surface area contributed by atoms with Gasteiger partial charge in [-0.25, -0.2) is 9.97 Å². The van der Waals surface area contributed by atoms with E-state index in [1.165, 1.54) is 0 Å². The highest BCUT2D eigenvalue weighted by atomic mass is 35.5. The third kappa shape index (κ3) is 3.82. The molecular formula is C13H22ClN3O. The molecule has 0 fully saturated rings. The lowest BCUT2D eigenvalue weighted by atomic mass is 9.83. The summed E-state index contributed by atoms with van der Waals surface area (Å²) in [5.74, 6) is 1.46. The topological polar surface area (TPSA) is 58.0 Å². The highest BCUT2D eigenvalue weighted by Crippen LogP contribution is 2.26. The minimum atomic E-state index is -0.0934. The summed E-state index contributed by atoms with van der Waals surface area (Å²) in [6.07, 6.45) is 2.60. The largest absolute Gasteiger partial charge is 0.396 e. The predicted octanol–water partition coefficient (Wildman–Crippen LogP) is 2.90. The molecule has 2 N–H and O–H groups in total. The fourth-order valence-electron chi connectivity index (χ4n) is 1.77. The maximum atomic E-state index is 9.51. The molecule has 5 heteroatoms. The third-order valence-electron chi connectivity index (χ3n) is 3.54. The molecule has 1 heterocycles. The Balaban J connectivity index is 2.76. The van der Waals surface area contributed by atoms with Crippen molar-refractivity contribution in [2.45, 2.75) is 40.0 Å². The van der Waals surface area contributed by atoms with Crippen molar-refractivity contribution >= 4 is 17.4 Å². The Morgan fingerprint density at radius 2 is 1.94 bits per heavy atom. The van der Waals surface area contributed by atoms with E-state index in [1.54, 1.807) is 6.07 Å². The van der Waals surface area contributed by atoms with Gasteiger partial charge >= 0.3 is 0 Å². The van der Waals surface area contributed by atoms with E-state index in [1.807, 2.05) is 6.92 Å². The van der Waals surface area contributed by atoms with Crippen LogP contribution in [0.1, 0.15) is 39.4 Å². The first kappa shape index (κ1) is 15.2. The summed E-state index contributed by atoms with van der Waals surface area (Å²) >= 11 is 5.94. The second kappa shape index (κ2) is 6.90. The van der Waals surface area contributed by atoms with Crippen molar-refractivity contribution in [3.05, 3.63) is 17.0 Å². The van der Waals surface area contributed by atoms with Crippen molar-refractivity contribution in [1.82, 2.24) is 9.97 Å². The second-order valence-corrected chi connectivity index (χ2v) is 4.95. The van der Waals surface area contributed by atoms with E-state index >= 15 is 0 Å². The van der Waals surface area contributed by atoms with E-state index in [-0.39, 0.29) is 12.0 Å². The van der Waals surface area contributed by atoms with Crippen LogP contribution < -0.4 is 5.32 Å². The molecule has 0 bridgehead atoms. The molecule has 0 aromatic carbocycles. The number of aryl methyl sites for hydroxylation is 1. The number of anilines is 1. The first-order chi connectivity index (χ1) is 8.59. The van der Waals surface area contributed by atoms with Gasteiger partial charge in [-0.3, -0.25) is 0 Å². The maximum absolute atomic E-state index is 9.51. The molecule has 18 heavy (non-hydrogen) atoms. The van der Waals surface area contributed by atoms with Gasteiger partial charge in [0.15, 0.2) is 0 Å². The number of hydrogen-bond acceptors (Lipinski definition) is 4. The standard InChI is InChI=1S/C13H22ClN3O/c1-4-11-16-10(14)7-12(17-11)15-8-13(5-2,6-3)9-18/h7,18H,4-6,8-9H2,1-3H3,(H,15,16,17). The molecule has 0 aliphatic rings. The minimum Gasteiger partial charge on any atom is -0.396 e. The molecule has 0 aliphatic carbocycles. The number of nitrogens with zero attached hydrogens (tertiary/aromatic N) is 2. The van der Waals surface area contributed by atoms with E-state index in [0.717, 1.165) is 30.9 Å². The summed E-state index contributed by atoms with van der Waals surface area (Å²) in [7, 11) is 0. The van der Waals surface area contributed by atoms with Gasteiger partial charge < -0.3 is 10.4 Å². The molecule has 0 saturated carbocycles. The van der Waals surface area contributed by atoms with Gasteiger partial charge in [-0.2, -0.15) is 0 Å². The van der Waals surface area contributed by atoms with Gasteiger partial charge in [0.25, 0.3) is 0 Å². The van der Waals surface area contributed by atoms with Crippen LogP contribution in [0.2, 0.25) is 5.15 Å². The Labute approximate surface area is 114 Å². The summed E-state index contributed by atoms with van der Waals surface area (Å²) in [6, 6.07) is 1.72. The molecule has 102 valence electrons. The smallest absolute Gasteiger partial charge is 0.134 e. The summed E-state index contributed by atoms with van der Waals surface area (Å²) in [6.45, 7) is 7.03. The third-order valence-corrected chi connectivity index (χ3v) is 3.73. The molecule has 0 spiro atoms. The van der Waals surface area contributed by atoms with E-state index in [9.17, 15) is 5.11 Å². The SMILES string of the molecule is CCc1nc(Cl)cc(NCC(CC)(CC)CO)n1. The first-order valence-corrected chi connectivity index (χ1v) is 6.85. The molecule has 4 nitrogen and oxygen atoms in total. The van der Waals surface area contributed by atoms with Gasteiger partial charge in [0.2, 0.25) is 0 Å². The van der Waals surface area contributed by atoms with Gasteiger partial charge in [0, 0.05) is 24.4 Å². The number of aromatic nitrogens is 2. The summed E-state index contributed by atoms with van der Waals surface area (Å²) in [5.41, 5.74) is -0.0934. The van der Waals surface area contributed by atoms with Gasteiger partial charge in [0.1, 0.15) is 16.8 Å². The number of halogens is 1. The summed E-state index contributed by atoms with van der Waals surface area (Å²) in [4.78, 5) is 8.49. The number of nitrogens with one attached hydrogen (secondary N) is 1. The maximum Gasteiger partial charge on any atom is 0.134 e. The monoisotopic (exact) mass is 271 g/mol. The van der Waals surface area contributed by atoms with Crippen LogP contribution in [0.25, 0.3) is 0 Å². The van der Waals surface area contributed by atoms with E-state index in [4.69, 9.17) is 11.6 Å². The van der Waals surface area contributed by atoms with Gasteiger partial charge in [-0.15, -0.1) is 0 Å². The molecule has 0 saturated heterocycles. The van der Waals surface area contributed by atoms with Gasteiger partial charge in [-0.1, -0.05) is 32.4 Å². The average molecular weight is 272 g/mol. The van der Waals surface area contributed by atoms with Crippen LogP contribution in [-0.4, -0.2) is 28.2 Å². The Morgan fingerprint density at radius 1 is 1.28 bits per heavy atom. The van der Waals surface area contributed by atoms with E-state index < -0.39 is 0 Å². The quantitative estimate of drug-likeness (QED) is 0.749. The van der Waals surface area contributed by atoms with E-state index in [2.05, 4.69) is 29.1 Å². The van der Waals surface area contributed by atoms with Crippen molar-refractivity contribution in [1.29, 1.82) is 0 Å². The zero-order valence-corrected chi connectivity index (χ0v) is 12.1. The highest BCUT2D eigenvalue weighted by molar-refractivity contribution is 6.29. The van der Waals surface area contributed by atoms with Crippen molar-refractivity contribution < 1.29 is 5.11 Å². The van der Waals surface area contributed by atoms with Crippen LogP contribution in [-0.2, 0) is 6.42 Å². The van der Waals surface area contributed by atoms with Crippen LogP contribution in [0.3, 0.4) is 0 Å². The fourth-order valence-corrected chi connectivity index (χ4v) is 1.97. The minimum absolute atomic E-state index is 0.0934. The zero-order chi connectivity index (χ0) is 13.6. The summed E-state index contributed by atoms with van der Waals surface area (Å²) in [5, 5.41) is 13.2. The molecule has 0 unspecified atom stereocenters. The van der Waals surface area contributed by atoms with Gasteiger partial charge in [-0.05, 0) is 12.8 Å². The van der Waals surface area contributed by atoms with Crippen molar-refractivity contribution in [2.75, 3.05) is 18.5 Å². The van der Waals surface area contributed by atoms with Crippen LogP contribution in [0.5, 0.6) is 0 Å². The second-order valence-electron chi connectivity index (χ2n) is 4.56. The molecule has 0 atom stereocenters. The molecule has 1 aromatic heterocycles. The zero-order valence-electron chi connectivity index (χ0n) is 11.3. The van der Waals surface area contributed by atoms with Crippen LogP contribution >= 0.6 is 11.6 Å². The molecule has 1 rings (SSSR count). The lowest BCUT2D eigenvalue weighted by Gasteiger charge is -2.29. The summed E-state index contributed by atoms with van der Waals surface area (Å²) < 4.78 is 0. The Hall–Kier alpha value is -0.870. The van der Waals surface area contributed by atoms with Crippen molar-refractivity contribution in [3.8, 4) is 0 Å². The molecule has 0 radical (unpaired) electrons.